The number of esters is 1. The first-order chi connectivity index (χ1) is 17.1. The van der Waals surface area contributed by atoms with Crippen molar-refractivity contribution >= 4 is 34.5 Å². The SMILES string of the molecule is CCOC(=O)CSc1nc2cc(C(=O)NCCC3=CCCCC3)ccc2c(=O)n1C1CCCCC1. The standard InChI is InChI=1S/C27H35N3O4S/c1-2-34-24(31)18-35-27-29-23-17-20(25(32)28-16-15-19-9-5-3-6-10-19)13-14-22(23)26(33)30(27)21-11-7-4-8-12-21/h9,13-14,17,21H,2-8,10-12,15-16,18H2,1H3,(H,28,32). The average molecular weight is 498 g/mol. The number of aromatic nitrogens is 2. The van der Waals surface area contributed by atoms with Crippen molar-refractivity contribution in [2.45, 2.75) is 82.3 Å². The van der Waals surface area contributed by atoms with Gasteiger partial charge in [-0.1, -0.05) is 42.7 Å². The summed E-state index contributed by atoms with van der Waals surface area (Å²) >= 11 is 1.23. The molecular weight excluding hydrogens is 462 g/mol. The molecule has 8 heteroatoms. The van der Waals surface area contributed by atoms with E-state index in [9.17, 15) is 14.4 Å². The van der Waals surface area contributed by atoms with Crippen LogP contribution in [0.3, 0.4) is 0 Å². The lowest BCUT2D eigenvalue weighted by Gasteiger charge is -2.26. The van der Waals surface area contributed by atoms with Gasteiger partial charge in [-0.05, 0) is 70.1 Å². The van der Waals surface area contributed by atoms with Gasteiger partial charge in [0.15, 0.2) is 5.16 Å². The molecule has 0 atom stereocenters. The zero-order valence-electron chi connectivity index (χ0n) is 20.5. The Bertz CT molecular complexity index is 1150. The Hall–Kier alpha value is -2.61. The zero-order chi connectivity index (χ0) is 24.6. The molecule has 2 aliphatic carbocycles. The minimum absolute atomic E-state index is 0.0786. The summed E-state index contributed by atoms with van der Waals surface area (Å²) in [7, 11) is 0. The third-order valence-electron chi connectivity index (χ3n) is 6.81. The van der Waals surface area contributed by atoms with Gasteiger partial charge < -0.3 is 10.1 Å². The number of nitrogens with zero attached hydrogens (tertiary/aromatic N) is 2. The highest BCUT2D eigenvalue weighted by atomic mass is 32.2. The molecule has 0 spiro atoms. The van der Waals surface area contributed by atoms with E-state index >= 15 is 0 Å². The fraction of sp³-hybridized carbons (Fsp3) is 0.556. The summed E-state index contributed by atoms with van der Waals surface area (Å²) in [4.78, 5) is 43.1. The van der Waals surface area contributed by atoms with Gasteiger partial charge in [-0.3, -0.25) is 19.0 Å². The number of nitrogens with one attached hydrogen (secondary N) is 1. The van der Waals surface area contributed by atoms with E-state index in [0.29, 0.717) is 34.8 Å². The van der Waals surface area contributed by atoms with Crippen LogP contribution in [0.2, 0.25) is 0 Å². The fourth-order valence-electron chi connectivity index (χ4n) is 4.98. The Morgan fingerprint density at radius 2 is 2.00 bits per heavy atom. The van der Waals surface area contributed by atoms with Gasteiger partial charge in [0.25, 0.3) is 11.5 Å². The fourth-order valence-corrected chi connectivity index (χ4v) is 5.84. The number of hydrogen-bond acceptors (Lipinski definition) is 6. The van der Waals surface area contributed by atoms with Crippen molar-refractivity contribution in [3.05, 3.63) is 45.8 Å². The van der Waals surface area contributed by atoms with Crippen LogP contribution < -0.4 is 10.9 Å². The van der Waals surface area contributed by atoms with Crippen LogP contribution in [-0.2, 0) is 9.53 Å². The molecule has 4 rings (SSSR count). The van der Waals surface area contributed by atoms with E-state index in [-0.39, 0.29) is 29.2 Å². The maximum absolute atomic E-state index is 13.5. The smallest absolute Gasteiger partial charge is 0.316 e. The Labute approximate surface area is 210 Å². The van der Waals surface area contributed by atoms with Crippen molar-refractivity contribution in [1.29, 1.82) is 0 Å². The molecule has 0 saturated heterocycles. The molecule has 0 unspecified atom stereocenters. The molecule has 1 saturated carbocycles. The van der Waals surface area contributed by atoms with E-state index in [4.69, 9.17) is 9.72 Å². The number of carbonyl (C=O) groups excluding carboxylic acids is 2. The highest BCUT2D eigenvalue weighted by Gasteiger charge is 2.23. The number of amides is 1. The molecule has 1 aromatic carbocycles. The lowest BCUT2D eigenvalue weighted by molar-refractivity contribution is -0.139. The van der Waals surface area contributed by atoms with E-state index in [1.54, 1.807) is 29.7 Å². The van der Waals surface area contributed by atoms with Crippen molar-refractivity contribution < 1.29 is 14.3 Å². The van der Waals surface area contributed by atoms with Gasteiger partial charge in [-0.15, -0.1) is 0 Å². The van der Waals surface area contributed by atoms with Crippen molar-refractivity contribution in [3.8, 4) is 0 Å². The Morgan fingerprint density at radius 3 is 2.74 bits per heavy atom. The summed E-state index contributed by atoms with van der Waals surface area (Å²) in [5.74, 6) is -0.403. The number of hydrogen-bond donors (Lipinski definition) is 1. The van der Waals surface area contributed by atoms with Gasteiger partial charge in [0.2, 0.25) is 0 Å². The maximum Gasteiger partial charge on any atom is 0.316 e. The summed E-state index contributed by atoms with van der Waals surface area (Å²) in [5.41, 5.74) is 2.28. The van der Waals surface area contributed by atoms with Crippen molar-refractivity contribution in [2.24, 2.45) is 0 Å². The van der Waals surface area contributed by atoms with Gasteiger partial charge in [0.1, 0.15) is 0 Å². The first-order valence-corrected chi connectivity index (χ1v) is 13.9. The largest absolute Gasteiger partial charge is 0.465 e. The number of benzene rings is 1. The molecule has 1 fully saturated rings. The topological polar surface area (TPSA) is 90.3 Å². The number of fused-ring (bicyclic) bond motifs is 1. The Kier molecular flexibility index (Phi) is 9.01. The number of rotatable bonds is 9. The molecule has 0 radical (unpaired) electrons. The molecule has 35 heavy (non-hydrogen) atoms. The van der Waals surface area contributed by atoms with Gasteiger partial charge in [0, 0.05) is 18.2 Å². The molecule has 1 N–H and O–H groups in total. The second kappa shape index (κ2) is 12.4. The van der Waals surface area contributed by atoms with E-state index in [2.05, 4.69) is 11.4 Å². The molecule has 2 aromatic rings. The highest BCUT2D eigenvalue weighted by Crippen LogP contribution is 2.31. The van der Waals surface area contributed by atoms with Crippen LogP contribution in [0.15, 0.2) is 39.8 Å². The van der Waals surface area contributed by atoms with E-state index < -0.39 is 0 Å². The van der Waals surface area contributed by atoms with Crippen LogP contribution in [0.25, 0.3) is 10.9 Å². The van der Waals surface area contributed by atoms with Crippen LogP contribution in [-0.4, -0.2) is 40.3 Å². The van der Waals surface area contributed by atoms with E-state index in [1.807, 2.05) is 0 Å². The van der Waals surface area contributed by atoms with Gasteiger partial charge >= 0.3 is 5.97 Å². The summed E-state index contributed by atoms with van der Waals surface area (Å²) in [6.45, 7) is 2.68. The van der Waals surface area contributed by atoms with Gasteiger partial charge in [-0.25, -0.2) is 4.98 Å². The van der Waals surface area contributed by atoms with Gasteiger partial charge in [-0.2, -0.15) is 0 Å². The van der Waals surface area contributed by atoms with Gasteiger partial charge in [0.05, 0.1) is 23.3 Å². The molecule has 2 aliphatic rings. The van der Waals surface area contributed by atoms with Crippen molar-refractivity contribution in [3.63, 3.8) is 0 Å². The van der Waals surface area contributed by atoms with Crippen molar-refractivity contribution in [2.75, 3.05) is 18.9 Å². The molecule has 0 aliphatic heterocycles. The lowest BCUT2D eigenvalue weighted by Crippen LogP contribution is -2.29. The van der Waals surface area contributed by atoms with Crippen LogP contribution >= 0.6 is 11.8 Å². The summed E-state index contributed by atoms with van der Waals surface area (Å²) in [5, 5.41) is 4.02. The lowest BCUT2D eigenvalue weighted by atomic mass is 9.95. The number of ether oxygens (including phenoxy) is 1. The minimum Gasteiger partial charge on any atom is -0.465 e. The molecule has 188 valence electrons. The normalized spacial score (nSPS) is 16.7. The molecule has 1 aromatic heterocycles. The summed E-state index contributed by atoms with van der Waals surface area (Å²) in [6.07, 6.45) is 13.1. The second-order valence-electron chi connectivity index (χ2n) is 9.30. The molecule has 1 amide bonds. The van der Waals surface area contributed by atoms with Crippen LogP contribution in [0.5, 0.6) is 0 Å². The predicted molar refractivity (Wildman–Crippen MR) is 139 cm³/mol. The molecule has 7 nitrogen and oxygen atoms in total. The van der Waals surface area contributed by atoms with Crippen LogP contribution in [0.1, 0.15) is 87.5 Å². The van der Waals surface area contributed by atoms with Crippen LogP contribution in [0.4, 0.5) is 0 Å². The summed E-state index contributed by atoms with van der Waals surface area (Å²) < 4.78 is 6.83. The Morgan fingerprint density at radius 1 is 1.17 bits per heavy atom. The third-order valence-corrected chi connectivity index (χ3v) is 7.74. The first kappa shape index (κ1) is 25.5. The average Bonchev–Trinajstić information content (AvgIpc) is 2.88. The molecule has 0 bridgehead atoms. The zero-order valence-corrected chi connectivity index (χ0v) is 21.3. The second-order valence-corrected chi connectivity index (χ2v) is 10.2. The number of carbonyl (C=O) groups is 2. The number of allylic oxidation sites excluding steroid dienone is 1. The summed E-state index contributed by atoms with van der Waals surface area (Å²) in [6, 6.07) is 5.18. The Balaban J connectivity index is 1.57. The van der Waals surface area contributed by atoms with Crippen LogP contribution in [0, 0.1) is 0 Å². The predicted octanol–water partition coefficient (Wildman–Crippen LogP) is 5.18. The molecule has 1 heterocycles. The van der Waals surface area contributed by atoms with Crippen molar-refractivity contribution in [1.82, 2.24) is 14.9 Å². The van der Waals surface area contributed by atoms with E-state index in [1.165, 1.54) is 36.6 Å². The van der Waals surface area contributed by atoms with E-state index in [0.717, 1.165) is 44.9 Å². The quantitative estimate of drug-likeness (QED) is 0.222. The monoisotopic (exact) mass is 497 g/mol. The third kappa shape index (κ3) is 6.54. The first-order valence-electron chi connectivity index (χ1n) is 12.9. The molecular formula is C27H35N3O4S. The number of thioether (sulfide) groups is 1. The maximum atomic E-state index is 13.5. The minimum atomic E-state index is -0.330. The highest BCUT2D eigenvalue weighted by molar-refractivity contribution is 7.99.